The maximum atomic E-state index is 12.6. The van der Waals surface area contributed by atoms with E-state index < -0.39 is 38.6 Å². The number of rotatable bonds is 35. The number of aliphatic hydroxyl groups excluding tert-OH is 1. The number of hydrogen-bond acceptors (Lipinski definition) is 9. The lowest BCUT2D eigenvalue weighted by Crippen LogP contribution is -2.37. The van der Waals surface area contributed by atoms with Crippen LogP contribution in [0.4, 0.5) is 0 Å². The van der Waals surface area contributed by atoms with E-state index in [4.69, 9.17) is 18.5 Å². The minimum Gasteiger partial charge on any atom is -0.756 e. The zero-order valence-corrected chi connectivity index (χ0v) is 33.8. The Bertz CT molecular complexity index is 993. The summed E-state index contributed by atoms with van der Waals surface area (Å²) in [5.41, 5.74) is 0. The molecule has 1 N–H and O–H groups in total. The second-order valence-electron chi connectivity index (χ2n) is 14.5. The third-order valence-electron chi connectivity index (χ3n) is 8.25. The number of nitrogens with zero attached hydrogens (tertiary/aromatic N) is 1. The summed E-state index contributed by atoms with van der Waals surface area (Å²) in [6, 6.07) is 0. The van der Waals surface area contributed by atoms with Gasteiger partial charge in [0.05, 0.1) is 33.9 Å². The van der Waals surface area contributed by atoms with Crippen LogP contribution in [0.25, 0.3) is 0 Å². The normalized spacial score (nSPS) is 14.7. The highest BCUT2D eigenvalue weighted by Crippen LogP contribution is 2.38. The summed E-state index contributed by atoms with van der Waals surface area (Å²) in [4.78, 5) is 37.3. The fourth-order valence-corrected chi connectivity index (χ4v) is 5.83. The van der Waals surface area contributed by atoms with Crippen molar-refractivity contribution in [2.75, 3.05) is 47.5 Å². The van der Waals surface area contributed by atoms with Gasteiger partial charge in [-0.1, -0.05) is 134 Å². The van der Waals surface area contributed by atoms with E-state index in [1.807, 2.05) is 45.4 Å². The molecule has 3 atom stereocenters. The van der Waals surface area contributed by atoms with Gasteiger partial charge in [-0.25, -0.2) is 0 Å². The molecular formula is C40H74NO9P. The molecule has 0 aromatic rings. The molecule has 0 fully saturated rings. The van der Waals surface area contributed by atoms with E-state index in [0.29, 0.717) is 30.3 Å². The molecular weight excluding hydrogens is 669 g/mol. The van der Waals surface area contributed by atoms with Gasteiger partial charge >= 0.3 is 11.9 Å². The summed E-state index contributed by atoms with van der Waals surface area (Å²) in [5.74, 6) is -0.890. The second kappa shape index (κ2) is 32.8. The summed E-state index contributed by atoms with van der Waals surface area (Å²) >= 11 is 0. The summed E-state index contributed by atoms with van der Waals surface area (Å²) in [6.45, 7) is 3.95. The SMILES string of the molecule is CC/C=C/CC(O)/C=C/C=C/CCCCCCCC(=O)OC[C@H](COP(=O)([O-])OCC[N+](C)(C)C)OC(=O)CCCCCCCCCCCCC. The van der Waals surface area contributed by atoms with Crippen LogP contribution in [0.2, 0.25) is 0 Å². The molecule has 0 radical (unpaired) electrons. The van der Waals surface area contributed by atoms with Crippen LogP contribution in [0.3, 0.4) is 0 Å². The molecule has 0 rings (SSSR count). The standard InChI is InChI=1S/C40H74NO9P/c1-6-8-10-11-12-13-14-17-21-24-28-32-40(44)50-38(36-49-51(45,46)48-34-33-41(3,4)5)35-47-39(43)31-27-23-20-18-15-16-19-22-26-30-37(42)29-25-9-7-2/h9,19,22,25-26,30,37-38,42H,6-8,10-18,20-21,23-24,27-29,31-36H2,1-5H3/b22-19+,25-9+,30-26+/t37?,38-/m1/s1. The molecule has 0 amide bonds. The van der Waals surface area contributed by atoms with Crippen molar-refractivity contribution in [3.63, 3.8) is 0 Å². The molecule has 0 aliphatic rings. The molecule has 0 spiro atoms. The number of aliphatic hydroxyl groups is 1. The highest BCUT2D eigenvalue weighted by molar-refractivity contribution is 7.45. The summed E-state index contributed by atoms with van der Waals surface area (Å²) in [6.07, 6.45) is 30.7. The topological polar surface area (TPSA) is 131 Å². The molecule has 0 aromatic carbocycles. The van der Waals surface area contributed by atoms with Crippen molar-refractivity contribution in [3.8, 4) is 0 Å². The number of allylic oxidation sites excluding steroid dienone is 4. The van der Waals surface area contributed by atoms with E-state index >= 15 is 0 Å². The van der Waals surface area contributed by atoms with Crippen molar-refractivity contribution in [2.24, 2.45) is 0 Å². The van der Waals surface area contributed by atoms with Crippen molar-refractivity contribution in [2.45, 2.75) is 161 Å². The van der Waals surface area contributed by atoms with Gasteiger partial charge in [-0.2, -0.15) is 0 Å². The average Bonchev–Trinajstić information content (AvgIpc) is 3.06. The van der Waals surface area contributed by atoms with Crippen molar-refractivity contribution < 1.29 is 47.2 Å². The summed E-state index contributed by atoms with van der Waals surface area (Å²) in [5, 5.41) is 9.86. The first-order chi connectivity index (χ1) is 24.4. The molecule has 0 aromatic heterocycles. The Kier molecular flexibility index (Phi) is 31.6. The predicted octanol–water partition coefficient (Wildman–Crippen LogP) is 8.91. The number of esters is 2. The number of carbonyl (C=O) groups is 2. The summed E-state index contributed by atoms with van der Waals surface area (Å²) in [7, 11) is 1.12. The average molecular weight is 744 g/mol. The van der Waals surface area contributed by atoms with Gasteiger partial charge in [-0.15, -0.1) is 0 Å². The minimum atomic E-state index is -4.63. The summed E-state index contributed by atoms with van der Waals surface area (Å²) < 4.78 is 33.7. The number of phosphoric ester groups is 1. The van der Waals surface area contributed by atoms with Crippen LogP contribution in [-0.4, -0.2) is 81.2 Å². The Morgan fingerprint density at radius 1 is 0.725 bits per heavy atom. The third-order valence-corrected chi connectivity index (χ3v) is 9.22. The number of hydrogen-bond donors (Lipinski definition) is 1. The van der Waals surface area contributed by atoms with E-state index in [-0.39, 0.29) is 26.1 Å². The molecule has 0 saturated heterocycles. The van der Waals surface area contributed by atoms with Crippen LogP contribution in [0.1, 0.15) is 149 Å². The Balaban J connectivity index is 4.47. The molecule has 0 bridgehead atoms. The molecule has 11 heteroatoms. The molecule has 51 heavy (non-hydrogen) atoms. The Hall–Kier alpha value is -1.81. The zero-order valence-electron chi connectivity index (χ0n) is 32.9. The number of carbonyl (C=O) groups excluding carboxylic acids is 2. The van der Waals surface area contributed by atoms with Crippen molar-refractivity contribution in [3.05, 3.63) is 36.5 Å². The first-order valence-corrected chi connectivity index (χ1v) is 21.3. The van der Waals surface area contributed by atoms with Gasteiger partial charge in [0.15, 0.2) is 6.10 Å². The number of phosphoric acid groups is 1. The molecule has 2 unspecified atom stereocenters. The van der Waals surface area contributed by atoms with Gasteiger partial charge in [0.2, 0.25) is 0 Å². The van der Waals surface area contributed by atoms with Gasteiger partial charge in [-0.05, 0) is 38.5 Å². The van der Waals surface area contributed by atoms with E-state index in [1.54, 1.807) is 6.08 Å². The van der Waals surface area contributed by atoms with Gasteiger partial charge < -0.3 is 33.0 Å². The first kappa shape index (κ1) is 49.2. The Morgan fingerprint density at radius 2 is 1.29 bits per heavy atom. The maximum absolute atomic E-state index is 12.6. The lowest BCUT2D eigenvalue weighted by Gasteiger charge is -2.28. The van der Waals surface area contributed by atoms with Gasteiger partial charge in [0.25, 0.3) is 7.82 Å². The predicted molar refractivity (Wildman–Crippen MR) is 205 cm³/mol. The fourth-order valence-electron chi connectivity index (χ4n) is 5.10. The van der Waals surface area contributed by atoms with Crippen LogP contribution in [0, 0.1) is 0 Å². The Morgan fingerprint density at radius 3 is 1.88 bits per heavy atom. The largest absolute Gasteiger partial charge is 0.756 e. The van der Waals surface area contributed by atoms with E-state index in [0.717, 1.165) is 57.8 Å². The lowest BCUT2D eigenvalue weighted by molar-refractivity contribution is -0.870. The molecule has 0 saturated carbocycles. The van der Waals surface area contributed by atoms with Crippen molar-refractivity contribution in [1.82, 2.24) is 0 Å². The number of unbranched alkanes of at least 4 members (excludes halogenated alkanes) is 15. The van der Waals surface area contributed by atoms with Crippen LogP contribution < -0.4 is 4.89 Å². The highest BCUT2D eigenvalue weighted by atomic mass is 31.2. The maximum Gasteiger partial charge on any atom is 0.306 e. The molecule has 10 nitrogen and oxygen atoms in total. The highest BCUT2D eigenvalue weighted by Gasteiger charge is 2.21. The monoisotopic (exact) mass is 744 g/mol. The van der Waals surface area contributed by atoms with Crippen molar-refractivity contribution in [1.29, 1.82) is 0 Å². The Labute approximate surface area is 311 Å². The zero-order chi connectivity index (χ0) is 38.1. The van der Waals surface area contributed by atoms with E-state index in [1.165, 1.54) is 44.9 Å². The smallest absolute Gasteiger partial charge is 0.306 e. The van der Waals surface area contributed by atoms with E-state index in [9.17, 15) is 24.2 Å². The molecule has 0 aliphatic heterocycles. The molecule has 298 valence electrons. The van der Waals surface area contributed by atoms with Crippen LogP contribution >= 0.6 is 7.82 Å². The van der Waals surface area contributed by atoms with Crippen LogP contribution in [-0.2, 0) is 32.7 Å². The number of quaternary nitrogens is 1. The first-order valence-electron chi connectivity index (χ1n) is 19.8. The molecule has 0 aliphatic carbocycles. The van der Waals surface area contributed by atoms with Crippen LogP contribution in [0.15, 0.2) is 36.5 Å². The number of likely N-dealkylation sites (N-methyl/N-ethyl adjacent to an activating group) is 1. The quantitative estimate of drug-likeness (QED) is 0.0169. The minimum absolute atomic E-state index is 0.0426. The van der Waals surface area contributed by atoms with Gasteiger partial charge in [-0.3, -0.25) is 14.2 Å². The third kappa shape index (κ3) is 36.3. The van der Waals surface area contributed by atoms with Crippen molar-refractivity contribution >= 4 is 19.8 Å². The van der Waals surface area contributed by atoms with Gasteiger partial charge in [0, 0.05) is 12.8 Å². The van der Waals surface area contributed by atoms with Crippen LogP contribution in [0.5, 0.6) is 0 Å². The fraction of sp³-hybridized carbons (Fsp3) is 0.800. The van der Waals surface area contributed by atoms with E-state index in [2.05, 4.69) is 19.9 Å². The molecule has 0 heterocycles. The number of ether oxygens (including phenoxy) is 2. The second-order valence-corrected chi connectivity index (χ2v) is 15.9. The van der Waals surface area contributed by atoms with Gasteiger partial charge in [0.1, 0.15) is 19.8 Å². The lowest BCUT2D eigenvalue weighted by atomic mass is 10.1.